The van der Waals surface area contributed by atoms with Crippen molar-refractivity contribution in [2.45, 2.75) is 63.1 Å². The number of nitrogens with one attached hydrogen (secondary N) is 1. The van der Waals surface area contributed by atoms with Crippen LogP contribution in [0.5, 0.6) is 0 Å². The fourth-order valence-electron chi connectivity index (χ4n) is 4.15. The monoisotopic (exact) mass is 401 g/mol. The maximum Gasteiger partial charge on any atom is 0.281 e. The molecule has 1 N–H and O–H groups in total. The number of hydrogen-bond donors (Lipinski definition) is 1. The van der Waals surface area contributed by atoms with Crippen LogP contribution in [0.1, 0.15) is 46.0 Å². The number of aromatic nitrogens is 2. The predicted octanol–water partition coefficient (Wildman–Crippen LogP) is 4.93. The van der Waals surface area contributed by atoms with Gasteiger partial charge in [0.1, 0.15) is 0 Å². The van der Waals surface area contributed by atoms with E-state index >= 15 is 0 Å². The zero-order valence-corrected chi connectivity index (χ0v) is 15.5. The fraction of sp³-hybridized carbons (Fsp3) is 0.579. The Labute approximate surface area is 158 Å². The van der Waals surface area contributed by atoms with Crippen LogP contribution in [-0.4, -0.2) is 27.0 Å². The number of anilines is 1. The molecular formula is C19H20F5N3O. The molecule has 4 nitrogen and oxygen atoms in total. The Morgan fingerprint density at radius 3 is 2.39 bits per heavy atom. The van der Waals surface area contributed by atoms with Crippen LogP contribution >= 0.6 is 0 Å². The number of imidazole rings is 1. The first kappa shape index (κ1) is 19.1. The standard InChI is InChI=1S/C19H20F5N3O/c1-17(4-3-5-17)27-14-8-12(21)11(20)7-13(14)25-16(27)26-15(28)6-10-9-19(23,24)18(10,2)22/h7-8,10H,3-6,9H2,1-2H3,(H,25,26,28). The molecule has 0 spiro atoms. The molecule has 2 atom stereocenters. The second-order valence-corrected chi connectivity index (χ2v) is 8.31. The molecule has 1 aromatic carbocycles. The molecule has 9 heteroatoms. The molecule has 1 amide bonds. The molecule has 152 valence electrons. The van der Waals surface area contributed by atoms with Gasteiger partial charge in [-0.25, -0.2) is 26.9 Å². The van der Waals surface area contributed by atoms with Crippen molar-refractivity contribution in [1.82, 2.24) is 9.55 Å². The lowest BCUT2D eigenvalue weighted by Gasteiger charge is -2.47. The van der Waals surface area contributed by atoms with Gasteiger partial charge in [0.2, 0.25) is 11.9 Å². The molecule has 1 heterocycles. The predicted molar refractivity (Wildman–Crippen MR) is 93.0 cm³/mol. The van der Waals surface area contributed by atoms with Gasteiger partial charge in [-0.2, -0.15) is 0 Å². The van der Waals surface area contributed by atoms with Crippen molar-refractivity contribution in [2.24, 2.45) is 5.92 Å². The van der Waals surface area contributed by atoms with Gasteiger partial charge in [0, 0.05) is 36.4 Å². The Morgan fingerprint density at radius 2 is 1.86 bits per heavy atom. The summed E-state index contributed by atoms with van der Waals surface area (Å²) in [4.78, 5) is 16.6. The summed E-state index contributed by atoms with van der Waals surface area (Å²) in [5.41, 5.74) is -2.66. The Kier molecular flexibility index (Phi) is 4.04. The number of hydrogen-bond acceptors (Lipinski definition) is 2. The average Bonchev–Trinajstić information content (AvgIpc) is 2.89. The molecule has 0 aliphatic heterocycles. The zero-order chi connectivity index (χ0) is 20.5. The number of carbonyl (C=O) groups is 1. The second kappa shape index (κ2) is 5.90. The van der Waals surface area contributed by atoms with Crippen LogP contribution < -0.4 is 5.32 Å². The topological polar surface area (TPSA) is 46.9 Å². The third kappa shape index (κ3) is 2.69. The summed E-state index contributed by atoms with van der Waals surface area (Å²) in [6.45, 7) is 2.71. The van der Waals surface area contributed by atoms with E-state index in [4.69, 9.17) is 0 Å². The van der Waals surface area contributed by atoms with Gasteiger partial charge in [-0.15, -0.1) is 0 Å². The number of halogens is 5. The number of benzene rings is 1. The van der Waals surface area contributed by atoms with Gasteiger partial charge in [0.15, 0.2) is 17.3 Å². The third-order valence-corrected chi connectivity index (χ3v) is 6.33. The van der Waals surface area contributed by atoms with Gasteiger partial charge in [-0.1, -0.05) is 0 Å². The van der Waals surface area contributed by atoms with Gasteiger partial charge in [0.05, 0.1) is 11.0 Å². The summed E-state index contributed by atoms with van der Waals surface area (Å²) in [5, 5.41) is 2.53. The Bertz CT molecular complexity index is 964. The number of carbonyl (C=O) groups excluding carboxylic acids is 1. The lowest BCUT2D eigenvalue weighted by atomic mass is 9.67. The largest absolute Gasteiger partial charge is 0.304 e. The normalized spacial score (nSPS) is 27.9. The summed E-state index contributed by atoms with van der Waals surface area (Å²) in [7, 11) is 0. The van der Waals surface area contributed by atoms with Crippen molar-refractivity contribution in [3.63, 3.8) is 0 Å². The molecule has 2 fully saturated rings. The summed E-state index contributed by atoms with van der Waals surface area (Å²) >= 11 is 0. The molecule has 0 saturated heterocycles. The van der Waals surface area contributed by atoms with Crippen LogP contribution in [0.15, 0.2) is 12.1 Å². The fourth-order valence-corrected chi connectivity index (χ4v) is 4.15. The van der Waals surface area contributed by atoms with Gasteiger partial charge in [-0.3, -0.25) is 10.1 Å². The van der Waals surface area contributed by atoms with Crippen molar-refractivity contribution >= 4 is 22.9 Å². The quantitative estimate of drug-likeness (QED) is 0.739. The van der Waals surface area contributed by atoms with E-state index in [2.05, 4.69) is 10.3 Å². The highest BCUT2D eigenvalue weighted by Crippen LogP contribution is 2.55. The summed E-state index contributed by atoms with van der Waals surface area (Å²) in [6.07, 6.45) is 1.34. The van der Waals surface area contributed by atoms with E-state index in [1.54, 1.807) is 4.57 Å². The average molecular weight is 401 g/mol. The minimum absolute atomic E-state index is 0.0823. The van der Waals surface area contributed by atoms with Crippen molar-refractivity contribution in [3.8, 4) is 0 Å². The smallest absolute Gasteiger partial charge is 0.281 e. The minimum Gasteiger partial charge on any atom is -0.304 e. The Balaban J connectivity index is 1.63. The van der Waals surface area contributed by atoms with E-state index in [0.29, 0.717) is 5.52 Å². The van der Waals surface area contributed by atoms with E-state index in [1.165, 1.54) is 0 Å². The summed E-state index contributed by atoms with van der Waals surface area (Å²) < 4.78 is 69.8. The number of alkyl halides is 3. The lowest BCUT2D eigenvalue weighted by Crippen LogP contribution is -2.60. The summed E-state index contributed by atoms with van der Waals surface area (Å²) in [6, 6.07) is 1.98. The Hall–Kier alpha value is -2.19. The van der Waals surface area contributed by atoms with Crippen molar-refractivity contribution in [2.75, 3.05) is 5.32 Å². The highest BCUT2D eigenvalue weighted by Gasteiger charge is 2.66. The number of nitrogens with zero attached hydrogens (tertiary/aromatic N) is 2. The van der Waals surface area contributed by atoms with Gasteiger partial charge < -0.3 is 4.57 Å². The number of amides is 1. The second-order valence-electron chi connectivity index (χ2n) is 8.31. The van der Waals surface area contributed by atoms with Crippen LogP contribution in [0.2, 0.25) is 0 Å². The molecule has 2 aliphatic rings. The van der Waals surface area contributed by atoms with E-state index in [0.717, 1.165) is 38.3 Å². The minimum atomic E-state index is -3.44. The van der Waals surface area contributed by atoms with Crippen molar-refractivity contribution < 1.29 is 26.7 Å². The lowest BCUT2D eigenvalue weighted by molar-refractivity contribution is -0.242. The van der Waals surface area contributed by atoms with Crippen LogP contribution in [0.25, 0.3) is 11.0 Å². The summed E-state index contributed by atoms with van der Waals surface area (Å²) in [5.74, 6) is -7.21. The molecule has 2 aromatic rings. The van der Waals surface area contributed by atoms with E-state index in [9.17, 15) is 26.7 Å². The van der Waals surface area contributed by atoms with Gasteiger partial charge in [-0.05, 0) is 33.1 Å². The van der Waals surface area contributed by atoms with Crippen LogP contribution in [-0.2, 0) is 10.3 Å². The van der Waals surface area contributed by atoms with E-state index in [1.807, 2.05) is 6.92 Å². The molecule has 0 bridgehead atoms. The first-order valence-corrected chi connectivity index (χ1v) is 9.19. The van der Waals surface area contributed by atoms with Crippen LogP contribution in [0.3, 0.4) is 0 Å². The van der Waals surface area contributed by atoms with Crippen molar-refractivity contribution in [1.29, 1.82) is 0 Å². The van der Waals surface area contributed by atoms with E-state index < -0.39 is 53.4 Å². The molecule has 2 saturated carbocycles. The molecule has 1 aromatic heterocycles. The highest BCUT2D eigenvalue weighted by atomic mass is 19.3. The molecule has 4 rings (SSSR count). The molecular weight excluding hydrogens is 381 g/mol. The van der Waals surface area contributed by atoms with Crippen LogP contribution in [0.4, 0.5) is 27.9 Å². The Morgan fingerprint density at radius 1 is 1.21 bits per heavy atom. The maximum atomic E-state index is 14.1. The molecule has 2 aliphatic carbocycles. The number of fused-ring (bicyclic) bond motifs is 1. The third-order valence-electron chi connectivity index (χ3n) is 6.33. The molecule has 0 radical (unpaired) electrons. The zero-order valence-electron chi connectivity index (χ0n) is 15.5. The van der Waals surface area contributed by atoms with Crippen molar-refractivity contribution in [3.05, 3.63) is 23.8 Å². The highest BCUT2D eigenvalue weighted by molar-refractivity contribution is 5.92. The maximum absolute atomic E-state index is 14.1. The SMILES string of the molecule is CC1(n2c(NC(=O)CC3CC(F)(F)C3(C)F)nc3cc(F)c(F)cc32)CCC1. The first-order valence-electron chi connectivity index (χ1n) is 9.19. The molecule has 28 heavy (non-hydrogen) atoms. The first-order chi connectivity index (χ1) is 12.9. The van der Waals surface area contributed by atoms with Crippen LogP contribution in [0, 0.1) is 17.6 Å². The number of rotatable bonds is 4. The van der Waals surface area contributed by atoms with Gasteiger partial charge in [0.25, 0.3) is 5.92 Å². The van der Waals surface area contributed by atoms with Gasteiger partial charge >= 0.3 is 0 Å². The van der Waals surface area contributed by atoms with E-state index in [-0.39, 0.29) is 11.5 Å². The molecule has 2 unspecified atom stereocenters.